The van der Waals surface area contributed by atoms with Crippen molar-refractivity contribution < 1.29 is 24.1 Å². The Morgan fingerprint density at radius 3 is 2.91 bits per heavy atom. The Hall–Kier alpha value is -2.58. The van der Waals surface area contributed by atoms with Gasteiger partial charge in [0.1, 0.15) is 24.3 Å². The molecule has 0 aliphatic heterocycles. The van der Waals surface area contributed by atoms with Gasteiger partial charge in [0.05, 0.1) is 18.7 Å². The number of aliphatic hydroxyl groups excluding tert-OH is 1. The van der Waals surface area contributed by atoms with Gasteiger partial charge in [-0.1, -0.05) is 11.6 Å². The lowest BCUT2D eigenvalue weighted by Crippen LogP contribution is -2.16. The van der Waals surface area contributed by atoms with Gasteiger partial charge < -0.3 is 25.1 Å². The molecular formula is C14H13ClN3O5. The van der Waals surface area contributed by atoms with Gasteiger partial charge in [-0.25, -0.2) is 4.98 Å². The van der Waals surface area contributed by atoms with Gasteiger partial charge in [0.25, 0.3) is 11.8 Å². The number of nitrogens with two attached hydrogens (primary N) is 1. The van der Waals surface area contributed by atoms with Crippen molar-refractivity contribution in [2.24, 2.45) is 5.73 Å². The number of aliphatic hydroxyl groups is 1. The van der Waals surface area contributed by atoms with Crippen molar-refractivity contribution >= 4 is 17.5 Å². The lowest BCUT2D eigenvalue weighted by atomic mass is 10.3. The topological polar surface area (TPSA) is 117 Å². The summed E-state index contributed by atoms with van der Waals surface area (Å²) in [6.07, 6.45) is 2.47. The van der Waals surface area contributed by atoms with E-state index in [4.69, 9.17) is 36.7 Å². The first-order valence-electron chi connectivity index (χ1n) is 6.39. The molecular weight excluding hydrogens is 326 g/mol. The van der Waals surface area contributed by atoms with Crippen LogP contribution in [0.3, 0.4) is 0 Å². The minimum absolute atomic E-state index is 0.0152. The van der Waals surface area contributed by atoms with Crippen molar-refractivity contribution in [3.8, 4) is 23.1 Å². The summed E-state index contributed by atoms with van der Waals surface area (Å²) in [6.45, 7) is -0.319. The number of primary amides is 1. The first-order chi connectivity index (χ1) is 11.0. The van der Waals surface area contributed by atoms with Crippen molar-refractivity contribution in [2.75, 3.05) is 20.3 Å². The number of hydrogen-bond acceptors (Lipinski definition) is 7. The van der Waals surface area contributed by atoms with Crippen molar-refractivity contribution in [3.63, 3.8) is 0 Å². The maximum absolute atomic E-state index is 11.1. The van der Waals surface area contributed by atoms with Crippen molar-refractivity contribution in [3.05, 3.63) is 35.2 Å². The molecule has 23 heavy (non-hydrogen) atoms. The SMILES string of the molecule is COc1ccc(Cl)c(Oc2[c]nc(C(N)=O)nc2OCCO)c1. The van der Waals surface area contributed by atoms with Crippen LogP contribution >= 0.6 is 11.6 Å². The summed E-state index contributed by atoms with van der Waals surface area (Å²) in [4.78, 5) is 18.6. The molecule has 9 heteroatoms. The van der Waals surface area contributed by atoms with Crippen LogP contribution in [0.5, 0.6) is 23.1 Å². The molecule has 8 nitrogen and oxygen atoms in total. The minimum atomic E-state index is -0.846. The molecule has 3 N–H and O–H groups in total. The second-order valence-corrected chi connectivity index (χ2v) is 4.54. The molecule has 0 saturated carbocycles. The molecule has 0 saturated heterocycles. The van der Waals surface area contributed by atoms with Crippen LogP contribution in [0.25, 0.3) is 0 Å². The molecule has 121 valence electrons. The third-order valence-electron chi connectivity index (χ3n) is 2.57. The van der Waals surface area contributed by atoms with E-state index in [9.17, 15) is 4.79 Å². The second-order valence-electron chi connectivity index (χ2n) is 4.13. The van der Waals surface area contributed by atoms with Crippen LogP contribution in [0.15, 0.2) is 18.2 Å². The summed E-state index contributed by atoms with van der Waals surface area (Å²) in [5, 5.41) is 9.16. The van der Waals surface area contributed by atoms with E-state index in [0.29, 0.717) is 10.8 Å². The smallest absolute Gasteiger partial charge is 0.286 e. The fourth-order valence-electron chi connectivity index (χ4n) is 1.54. The van der Waals surface area contributed by atoms with E-state index in [2.05, 4.69) is 16.2 Å². The molecule has 2 aromatic rings. The quantitative estimate of drug-likeness (QED) is 0.779. The molecule has 1 amide bonds. The maximum Gasteiger partial charge on any atom is 0.286 e. The maximum atomic E-state index is 11.1. The number of methoxy groups -OCH3 is 1. The van der Waals surface area contributed by atoms with E-state index < -0.39 is 5.91 Å². The fraction of sp³-hybridized carbons (Fsp3) is 0.214. The summed E-state index contributed by atoms with van der Waals surface area (Å²) >= 11 is 6.05. The third-order valence-corrected chi connectivity index (χ3v) is 2.88. The van der Waals surface area contributed by atoms with Gasteiger partial charge in [0, 0.05) is 6.07 Å². The Labute approximate surface area is 136 Å². The van der Waals surface area contributed by atoms with E-state index in [1.54, 1.807) is 18.2 Å². The monoisotopic (exact) mass is 338 g/mol. The summed E-state index contributed by atoms with van der Waals surface area (Å²) in [5.41, 5.74) is 5.11. The molecule has 0 fully saturated rings. The van der Waals surface area contributed by atoms with Crippen LogP contribution in [-0.2, 0) is 0 Å². The predicted octanol–water partition coefficient (Wildman–Crippen LogP) is 1.20. The summed E-state index contributed by atoms with van der Waals surface area (Å²) < 4.78 is 15.9. The number of aromatic nitrogens is 2. The van der Waals surface area contributed by atoms with E-state index in [-0.39, 0.29) is 36.4 Å². The molecule has 1 radical (unpaired) electrons. The number of amides is 1. The highest BCUT2D eigenvalue weighted by molar-refractivity contribution is 6.32. The van der Waals surface area contributed by atoms with Crippen LogP contribution in [0, 0.1) is 6.20 Å². The summed E-state index contributed by atoms with van der Waals surface area (Å²) in [6, 6.07) is 4.80. The van der Waals surface area contributed by atoms with Crippen LogP contribution in [-0.4, -0.2) is 41.3 Å². The average Bonchev–Trinajstić information content (AvgIpc) is 2.55. The number of nitrogens with zero attached hydrogens (tertiary/aromatic N) is 2. The van der Waals surface area contributed by atoms with Crippen molar-refractivity contribution in [1.29, 1.82) is 0 Å². The molecule has 1 aromatic carbocycles. The Balaban J connectivity index is 2.36. The van der Waals surface area contributed by atoms with Crippen LogP contribution in [0.1, 0.15) is 10.6 Å². The van der Waals surface area contributed by atoms with Crippen LogP contribution in [0.4, 0.5) is 0 Å². The van der Waals surface area contributed by atoms with Crippen molar-refractivity contribution in [1.82, 2.24) is 9.97 Å². The molecule has 0 spiro atoms. The van der Waals surface area contributed by atoms with E-state index >= 15 is 0 Å². The first kappa shape index (κ1) is 16.8. The number of hydrogen-bond donors (Lipinski definition) is 2. The fourth-order valence-corrected chi connectivity index (χ4v) is 1.70. The molecule has 1 heterocycles. The molecule has 0 bridgehead atoms. The molecule has 0 atom stereocenters. The highest BCUT2D eigenvalue weighted by atomic mass is 35.5. The zero-order chi connectivity index (χ0) is 16.8. The number of carbonyl (C=O) groups excluding carboxylic acids is 1. The van der Waals surface area contributed by atoms with E-state index in [1.807, 2.05) is 0 Å². The van der Waals surface area contributed by atoms with Gasteiger partial charge in [0.2, 0.25) is 11.6 Å². The van der Waals surface area contributed by atoms with E-state index in [0.717, 1.165) is 0 Å². The Bertz CT molecular complexity index is 711. The second kappa shape index (κ2) is 7.61. The Morgan fingerprint density at radius 2 is 2.26 bits per heavy atom. The van der Waals surface area contributed by atoms with Gasteiger partial charge in [-0.3, -0.25) is 4.79 Å². The lowest BCUT2D eigenvalue weighted by molar-refractivity contribution is 0.0988. The lowest BCUT2D eigenvalue weighted by Gasteiger charge is -2.12. The predicted molar refractivity (Wildman–Crippen MR) is 80.0 cm³/mol. The Morgan fingerprint density at radius 1 is 1.48 bits per heavy atom. The number of halogens is 1. The van der Waals surface area contributed by atoms with Gasteiger partial charge in [-0.15, -0.1) is 0 Å². The Kier molecular flexibility index (Phi) is 5.56. The first-order valence-corrected chi connectivity index (χ1v) is 6.77. The van der Waals surface area contributed by atoms with Crippen molar-refractivity contribution in [2.45, 2.75) is 0 Å². The summed E-state index contributed by atoms with van der Waals surface area (Å²) in [5.74, 6) is -0.466. The minimum Gasteiger partial charge on any atom is -0.497 e. The number of carbonyl (C=O) groups is 1. The number of benzene rings is 1. The molecule has 2 rings (SSSR count). The molecule has 0 unspecified atom stereocenters. The third kappa shape index (κ3) is 4.21. The average molecular weight is 339 g/mol. The zero-order valence-corrected chi connectivity index (χ0v) is 12.8. The normalized spacial score (nSPS) is 10.2. The van der Waals surface area contributed by atoms with Gasteiger partial charge in [0.15, 0.2) is 0 Å². The summed E-state index contributed by atoms with van der Waals surface area (Å²) in [7, 11) is 1.50. The standard InChI is InChI=1S/C14H13ClN3O5/c1-21-8-2-3-9(15)10(6-8)23-11-7-17-13(12(16)20)18-14(11)22-5-4-19/h2-3,6,19H,4-5H2,1H3,(H2,16,20). The van der Waals surface area contributed by atoms with Gasteiger partial charge in [-0.2, -0.15) is 4.98 Å². The highest BCUT2D eigenvalue weighted by Crippen LogP contribution is 2.35. The van der Waals surface area contributed by atoms with Crippen LogP contribution in [0.2, 0.25) is 5.02 Å². The molecule has 0 aliphatic carbocycles. The number of rotatable bonds is 7. The van der Waals surface area contributed by atoms with Gasteiger partial charge in [-0.05, 0) is 12.1 Å². The highest BCUT2D eigenvalue weighted by Gasteiger charge is 2.16. The van der Waals surface area contributed by atoms with Gasteiger partial charge >= 0.3 is 0 Å². The largest absolute Gasteiger partial charge is 0.497 e. The molecule has 1 aromatic heterocycles. The number of ether oxygens (including phenoxy) is 3. The van der Waals surface area contributed by atoms with Crippen LogP contribution < -0.4 is 19.9 Å². The molecule has 0 aliphatic rings. The zero-order valence-electron chi connectivity index (χ0n) is 12.1. The van der Waals surface area contributed by atoms with E-state index in [1.165, 1.54) is 7.11 Å².